The topological polar surface area (TPSA) is 119 Å². The third-order valence-electron chi connectivity index (χ3n) is 5.78. The number of rotatable bonds is 2. The van der Waals surface area contributed by atoms with Crippen LogP contribution in [-0.4, -0.2) is 34.8 Å². The van der Waals surface area contributed by atoms with Gasteiger partial charge in [-0.05, 0) is 37.1 Å². The van der Waals surface area contributed by atoms with Crippen molar-refractivity contribution in [2.24, 2.45) is 17.3 Å². The van der Waals surface area contributed by atoms with Crippen LogP contribution in [0.15, 0.2) is 35.9 Å². The van der Waals surface area contributed by atoms with Crippen molar-refractivity contribution >= 4 is 5.71 Å². The summed E-state index contributed by atoms with van der Waals surface area (Å²) in [6, 6.07) is 13.1. The molecular weight excluding hydrogens is 338 g/mol. The zero-order valence-corrected chi connectivity index (χ0v) is 15.3. The number of nitrogens with one attached hydrogen (secondary N) is 1. The first kappa shape index (κ1) is 18.6. The largest absolute Gasteiger partial charge is 0.508 e. The third kappa shape index (κ3) is 2.78. The molecule has 0 radical (unpaired) electrons. The summed E-state index contributed by atoms with van der Waals surface area (Å²) in [5, 5.41) is 48.2. The summed E-state index contributed by atoms with van der Waals surface area (Å²) in [5.41, 5.74) is -0.450. The Hall–Kier alpha value is -3.14. The molecule has 1 unspecified atom stereocenters. The van der Waals surface area contributed by atoms with E-state index in [0.29, 0.717) is 18.7 Å². The van der Waals surface area contributed by atoms with Gasteiger partial charge in [0.05, 0.1) is 23.9 Å². The van der Waals surface area contributed by atoms with Crippen LogP contribution in [-0.2, 0) is 0 Å². The fourth-order valence-electron chi connectivity index (χ4n) is 4.35. The minimum Gasteiger partial charge on any atom is -0.508 e. The molecule has 1 aromatic carbocycles. The Kier molecular flexibility index (Phi) is 4.75. The Morgan fingerprint density at radius 3 is 2.52 bits per heavy atom. The van der Waals surface area contributed by atoms with Crippen LogP contribution in [0.5, 0.6) is 5.75 Å². The molecule has 1 aliphatic heterocycles. The van der Waals surface area contributed by atoms with Gasteiger partial charge in [-0.15, -0.1) is 0 Å². The predicted octanol–water partition coefficient (Wildman–Crippen LogP) is 2.95. The summed E-state index contributed by atoms with van der Waals surface area (Å²) in [6.45, 7) is 5.43. The smallest absolute Gasteiger partial charge is 0.189 e. The highest BCUT2D eigenvalue weighted by atomic mass is 16.3. The Morgan fingerprint density at radius 1 is 1.26 bits per heavy atom. The second-order valence-electron chi connectivity index (χ2n) is 7.44. The van der Waals surface area contributed by atoms with Crippen molar-refractivity contribution in [1.29, 1.82) is 21.2 Å². The number of phenolic OH excluding ortho intramolecular Hbond substituents is 1. The number of fused-ring (bicyclic) bond motifs is 1. The van der Waals surface area contributed by atoms with Gasteiger partial charge in [-0.3, -0.25) is 4.90 Å². The third-order valence-corrected chi connectivity index (χ3v) is 5.78. The second-order valence-corrected chi connectivity index (χ2v) is 7.44. The van der Waals surface area contributed by atoms with Gasteiger partial charge in [0.2, 0.25) is 0 Å². The number of benzene rings is 1. The molecule has 0 saturated heterocycles. The fraction of sp³-hybridized carbons (Fsp3) is 0.429. The normalized spacial score (nSPS) is 27.0. The van der Waals surface area contributed by atoms with E-state index in [0.717, 1.165) is 5.57 Å². The maximum Gasteiger partial charge on any atom is 0.189 e. The van der Waals surface area contributed by atoms with E-state index < -0.39 is 17.3 Å². The molecule has 0 spiro atoms. The zero-order chi connectivity index (χ0) is 19.8. The molecule has 1 fully saturated rings. The lowest BCUT2D eigenvalue weighted by atomic mass is 9.54. The minimum atomic E-state index is -1.74. The van der Waals surface area contributed by atoms with E-state index >= 15 is 0 Å². The summed E-state index contributed by atoms with van der Waals surface area (Å²) < 4.78 is 0. The van der Waals surface area contributed by atoms with Gasteiger partial charge in [0.15, 0.2) is 5.41 Å². The summed E-state index contributed by atoms with van der Waals surface area (Å²) in [4.78, 5) is 2.23. The molecule has 6 heteroatoms. The predicted molar refractivity (Wildman–Crippen MR) is 99.6 cm³/mol. The molecule has 1 heterocycles. The van der Waals surface area contributed by atoms with E-state index in [9.17, 15) is 20.9 Å². The second kappa shape index (κ2) is 6.88. The molecule has 0 bridgehead atoms. The van der Waals surface area contributed by atoms with Crippen molar-refractivity contribution in [1.82, 2.24) is 4.90 Å². The van der Waals surface area contributed by atoms with Crippen LogP contribution in [0.3, 0.4) is 0 Å². The van der Waals surface area contributed by atoms with Crippen molar-refractivity contribution in [3.63, 3.8) is 0 Å². The van der Waals surface area contributed by atoms with E-state index in [2.05, 4.69) is 37.0 Å². The summed E-state index contributed by atoms with van der Waals surface area (Å²) in [5.74, 6) is -1.68. The number of hydrogen-bond acceptors (Lipinski definition) is 6. The van der Waals surface area contributed by atoms with Crippen LogP contribution in [0.1, 0.15) is 25.3 Å². The van der Waals surface area contributed by atoms with Crippen LogP contribution in [0.25, 0.3) is 0 Å². The maximum absolute atomic E-state index is 9.97. The molecule has 1 aliphatic carbocycles. The highest BCUT2D eigenvalue weighted by Gasteiger charge is 2.57. The first-order chi connectivity index (χ1) is 12.9. The van der Waals surface area contributed by atoms with Crippen molar-refractivity contribution in [3.05, 3.63) is 41.5 Å². The summed E-state index contributed by atoms with van der Waals surface area (Å²) in [7, 11) is 0. The van der Waals surface area contributed by atoms with Gasteiger partial charge in [0, 0.05) is 31.0 Å². The molecule has 27 heavy (non-hydrogen) atoms. The van der Waals surface area contributed by atoms with Gasteiger partial charge in [-0.2, -0.15) is 15.8 Å². The highest BCUT2D eigenvalue weighted by molar-refractivity contribution is 6.00. The van der Waals surface area contributed by atoms with E-state index in [1.165, 1.54) is 6.07 Å². The number of aromatic hydroxyl groups is 1. The minimum absolute atomic E-state index is 0.0493. The van der Waals surface area contributed by atoms with Crippen molar-refractivity contribution in [2.75, 3.05) is 13.1 Å². The van der Waals surface area contributed by atoms with E-state index in [-0.39, 0.29) is 23.4 Å². The van der Waals surface area contributed by atoms with Gasteiger partial charge >= 0.3 is 0 Å². The molecule has 0 aromatic heterocycles. The van der Waals surface area contributed by atoms with Gasteiger partial charge in [-0.1, -0.05) is 18.2 Å². The lowest BCUT2D eigenvalue weighted by molar-refractivity contribution is 0.171. The monoisotopic (exact) mass is 359 g/mol. The number of phenols is 1. The maximum atomic E-state index is 9.97. The van der Waals surface area contributed by atoms with Crippen molar-refractivity contribution < 1.29 is 5.11 Å². The fourth-order valence-corrected chi connectivity index (χ4v) is 4.35. The van der Waals surface area contributed by atoms with Gasteiger partial charge < -0.3 is 10.5 Å². The van der Waals surface area contributed by atoms with Crippen LogP contribution < -0.4 is 0 Å². The number of hydrogen-bond donors (Lipinski definition) is 2. The van der Waals surface area contributed by atoms with Crippen molar-refractivity contribution in [2.45, 2.75) is 25.8 Å². The summed E-state index contributed by atoms with van der Waals surface area (Å²) >= 11 is 0. The van der Waals surface area contributed by atoms with E-state index in [1.54, 1.807) is 18.2 Å². The van der Waals surface area contributed by atoms with Crippen LogP contribution in [0.2, 0.25) is 0 Å². The molecule has 3 atom stereocenters. The lowest BCUT2D eigenvalue weighted by Gasteiger charge is -2.48. The van der Waals surface area contributed by atoms with Gasteiger partial charge in [-0.25, -0.2) is 0 Å². The first-order valence-electron chi connectivity index (χ1n) is 8.93. The Labute approximate surface area is 159 Å². The van der Waals surface area contributed by atoms with E-state index in [4.69, 9.17) is 5.41 Å². The quantitative estimate of drug-likeness (QED) is 0.787. The molecule has 136 valence electrons. The number of nitriles is 3. The SMILES string of the molecule is CC(C)N1CC=C2C(C#N)C(=N)C(C#N)(C#N)[C@H](c3cccc(O)c3)[C@@H]2C1. The molecule has 2 aliphatic rings. The molecule has 1 aromatic rings. The standard InChI is InChI=1S/C21H21N5O/c1-13(2)26-7-6-16-17(9-22)20(25)21(11-23,12-24)19(18(16)10-26)14-4-3-5-15(27)8-14/h3-6,8,13,17-19,25,27H,7,10H2,1-2H3/t17?,18-,19-/m1/s1. The average Bonchev–Trinajstić information content (AvgIpc) is 2.66. The van der Waals surface area contributed by atoms with Gasteiger partial charge in [0.1, 0.15) is 11.7 Å². The number of nitrogens with zero attached hydrogens (tertiary/aromatic N) is 4. The molecule has 2 N–H and O–H groups in total. The first-order valence-corrected chi connectivity index (χ1v) is 8.93. The Morgan fingerprint density at radius 2 is 1.96 bits per heavy atom. The van der Waals surface area contributed by atoms with Crippen molar-refractivity contribution in [3.8, 4) is 24.0 Å². The van der Waals surface area contributed by atoms with Gasteiger partial charge in [0.25, 0.3) is 0 Å². The lowest BCUT2D eigenvalue weighted by Crippen LogP contribution is -2.53. The summed E-state index contributed by atoms with van der Waals surface area (Å²) in [6.07, 6.45) is 1.98. The molecule has 0 amide bonds. The highest BCUT2D eigenvalue weighted by Crippen LogP contribution is 2.53. The average molecular weight is 359 g/mol. The molecular formula is C21H21N5O. The Bertz CT molecular complexity index is 913. The molecule has 1 saturated carbocycles. The van der Waals surface area contributed by atoms with E-state index in [1.807, 2.05) is 6.08 Å². The Balaban J connectivity index is 2.25. The molecule has 3 rings (SSSR count). The van der Waals surface area contributed by atoms with Crippen LogP contribution in [0.4, 0.5) is 0 Å². The zero-order valence-electron chi connectivity index (χ0n) is 15.3. The van der Waals surface area contributed by atoms with Crippen LogP contribution >= 0.6 is 0 Å². The molecule has 6 nitrogen and oxygen atoms in total. The van der Waals surface area contributed by atoms with Crippen LogP contribution in [0, 0.1) is 56.7 Å².